The van der Waals surface area contributed by atoms with Gasteiger partial charge in [-0.2, -0.15) is 5.26 Å². The Morgan fingerprint density at radius 1 is 1.50 bits per heavy atom. The number of anilines is 1. The largest absolute Gasteiger partial charge is 0.377 e. The van der Waals surface area contributed by atoms with Gasteiger partial charge in [0.05, 0.1) is 30.0 Å². The number of nitrogens with one attached hydrogen (secondary N) is 1. The molecule has 0 aromatic heterocycles. The Kier molecular flexibility index (Phi) is 2.82. The van der Waals surface area contributed by atoms with Crippen LogP contribution in [0.4, 0.5) is 5.69 Å². The van der Waals surface area contributed by atoms with E-state index in [-0.39, 0.29) is 19.1 Å². The molecule has 1 saturated heterocycles. The van der Waals surface area contributed by atoms with Crippen molar-refractivity contribution in [3.63, 3.8) is 0 Å². The minimum Gasteiger partial charge on any atom is -0.377 e. The lowest BCUT2D eigenvalue weighted by molar-refractivity contribution is -0.144. The molecule has 82 valence electrons. The Bertz CT molecular complexity index is 463. The number of nitrogens with zero attached hydrogens (tertiary/aromatic N) is 1. The normalized spacial score (nSPS) is 17.0. The summed E-state index contributed by atoms with van der Waals surface area (Å²) < 4.78 is 4.90. The van der Waals surface area contributed by atoms with Crippen LogP contribution in [0.2, 0.25) is 5.02 Å². The van der Waals surface area contributed by atoms with Gasteiger partial charge in [0.1, 0.15) is 0 Å². The summed E-state index contributed by atoms with van der Waals surface area (Å²) in [7, 11) is 0. The molecule has 1 fully saturated rings. The van der Waals surface area contributed by atoms with Gasteiger partial charge in [0.15, 0.2) is 5.41 Å². The van der Waals surface area contributed by atoms with E-state index in [9.17, 15) is 4.79 Å². The summed E-state index contributed by atoms with van der Waals surface area (Å²) in [5.41, 5.74) is -0.546. The molecule has 0 aliphatic carbocycles. The standard InChI is InChI=1S/C11H9ClN2O2/c12-8-3-1-2-4-9(8)14-10(15)11(5-13)6-16-7-11/h1-4H,6-7H2,(H,14,15). The van der Waals surface area contributed by atoms with Crippen LogP contribution in [-0.4, -0.2) is 19.1 Å². The highest BCUT2D eigenvalue weighted by Gasteiger charge is 2.46. The van der Waals surface area contributed by atoms with E-state index in [4.69, 9.17) is 21.6 Å². The minimum absolute atomic E-state index is 0.139. The van der Waals surface area contributed by atoms with Crippen molar-refractivity contribution >= 4 is 23.2 Å². The van der Waals surface area contributed by atoms with Gasteiger partial charge in [-0.25, -0.2) is 0 Å². The third-order valence-corrected chi connectivity index (χ3v) is 2.80. The Balaban J connectivity index is 2.14. The fourth-order valence-electron chi connectivity index (χ4n) is 1.36. The van der Waals surface area contributed by atoms with E-state index in [1.807, 2.05) is 6.07 Å². The van der Waals surface area contributed by atoms with E-state index in [1.54, 1.807) is 24.3 Å². The number of hydrogen-bond acceptors (Lipinski definition) is 3. The summed E-state index contributed by atoms with van der Waals surface area (Å²) in [5.74, 6) is -0.366. The Morgan fingerprint density at radius 3 is 2.69 bits per heavy atom. The quantitative estimate of drug-likeness (QED) is 0.852. The molecule has 0 spiro atoms. The van der Waals surface area contributed by atoms with E-state index in [2.05, 4.69) is 5.32 Å². The summed E-state index contributed by atoms with van der Waals surface area (Å²) in [6.45, 7) is 0.277. The Morgan fingerprint density at radius 2 is 2.19 bits per heavy atom. The lowest BCUT2D eigenvalue weighted by atomic mass is 9.87. The van der Waals surface area contributed by atoms with Crippen molar-refractivity contribution in [3.8, 4) is 6.07 Å². The third-order valence-electron chi connectivity index (χ3n) is 2.47. The van der Waals surface area contributed by atoms with E-state index in [1.165, 1.54) is 0 Å². The molecule has 4 nitrogen and oxygen atoms in total. The smallest absolute Gasteiger partial charge is 0.249 e. The second-order valence-electron chi connectivity index (χ2n) is 3.62. The van der Waals surface area contributed by atoms with Gasteiger partial charge in [-0.15, -0.1) is 0 Å². The van der Waals surface area contributed by atoms with Gasteiger partial charge in [0.2, 0.25) is 5.91 Å². The van der Waals surface area contributed by atoms with E-state index in [0.29, 0.717) is 10.7 Å². The van der Waals surface area contributed by atoms with Crippen LogP contribution in [0, 0.1) is 16.7 Å². The molecule has 16 heavy (non-hydrogen) atoms. The van der Waals surface area contributed by atoms with Crippen molar-refractivity contribution in [2.75, 3.05) is 18.5 Å². The molecule has 1 N–H and O–H groups in total. The van der Waals surface area contributed by atoms with Crippen molar-refractivity contribution in [1.82, 2.24) is 0 Å². The summed E-state index contributed by atoms with van der Waals surface area (Å²) >= 11 is 5.89. The van der Waals surface area contributed by atoms with Crippen LogP contribution < -0.4 is 5.32 Å². The number of benzene rings is 1. The van der Waals surface area contributed by atoms with E-state index in [0.717, 1.165) is 0 Å². The van der Waals surface area contributed by atoms with Gasteiger partial charge in [0.25, 0.3) is 0 Å². The number of carbonyl (C=O) groups excluding carboxylic acids is 1. The zero-order chi connectivity index (χ0) is 11.6. The van der Waals surface area contributed by atoms with E-state index >= 15 is 0 Å². The number of carbonyl (C=O) groups is 1. The number of rotatable bonds is 2. The third kappa shape index (κ3) is 1.75. The molecule has 1 heterocycles. The van der Waals surface area contributed by atoms with Crippen LogP contribution >= 0.6 is 11.6 Å². The fourth-order valence-corrected chi connectivity index (χ4v) is 1.54. The average Bonchev–Trinajstić information content (AvgIpc) is 2.21. The highest BCUT2D eigenvalue weighted by atomic mass is 35.5. The molecule has 1 aliphatic rings. The molecule has 1 aromatic rings. The van der Waals surface area contributed by atoms with Crippen LogP contribution in [0.15, 0.2) is 24.3 Å². The molecule has 1 aromatic carbocycles. The zero-order valence-electron chi connectivity index (χ0n) is 8.37. The highest BCUT2D eigenvalue weighted by molar-refractivity contribution is 6.33. The van der Waals surface area contributed by atoms with Gasteiger partial charge in [-0.3, -0.25) is 4.79 Å². The summed E-state index contributed by atoms with van der Waals surface area (Å²) in [5, 5.41) is 12.0. The van der Waals surface area contributed by atoms with Crippen LogP contribution in [0.25, 0.3) is 0 Å². The highest BCUT2D eigenvalue weighted by Crippen LogP contribution is 2.29. The molecule has 1 aliphatic heterocycles. The molecule has 0 unspecified atom stereocenters. The van der Waals surface area contributed by atoms with Crippen molar-refractivity contribution in [3.05, 3.63) is 29.3 Å². The number of para-hydroxylation sites is 1. The maximum Gasteiger partial charge on any atom is 0.249 e. The molecular formula is C11H9ClN2O2. The molecule has 0 bridgehead atoms. The van der Waals surface area contributed by atoms with Crippen molar-refractivity contribution in [1.29, 1.82) is 5.26 Å². The summed E-state index contributed by atoms with van der Waals surface area (Å²) in [6, 6.07) is 8.86. The monoisotopic (exact) mass is 236 g/mol. The predicted molar refractivity (Wildman–Crippen MR) is 58.9 cm³/mol. The minimum atomic E-state index is -1.06. The van der Waals surface area contributed by atoms with Gasteiger partial charge < -0.3 is 10.1 Å². The maximum absolute atomic E-state index is 11.8. The lowest BCUT2D eigenvalue weighted by Gasteiger charge is -2.33. The molecule has 1 amide bonds. The molecule has 0 radical (unpaired) electrons. The maximum atomic E-state index is 11.8. The number of amides is 1. The first-order chi connectivity index (χ1) is 7.68. The number of halogens is 1. The van der Waals surface area contributed by atoms with Crippen LogP contribution in [-0.2, 0) is 9.53 Å². The Hall–Kier alpha value is -1.57. The van der Waals surface area contributed by atoms with Gasteiger partial charge >= 0.3 is 0 Å². The summed E-state index contributed by atoms with van der Waals surface area (Å²) in [4.78, 5) is 11.8. The second-order valence-corrected chi connectivity index (χ2v) is 4.03. The summed E-state index contributed by atoms with van der Waals surface area (Å²) in [6.07, 6.45) is 0. The topological polar surface area (TPSA) is 62.1 Å². The SMILES string of the molecule is N#CC1(C(=O)Nc2ccccc2Cl)COC1. The van der Waals surface area contributed by atoms with Gasteiger partial charge in [0, 0.05) is 0 Å². The van der Waals surface area contributed by atoms with Gasteiger partial charge in [-0.05, 0) is 12.1 Å². The van der Waals surface area contributed by atoms with Gasteiger partial charge in [-0.1, -0.05) is 23.7 Å². The molecule has 0 atom stereocenters. The molecular weight excluding hydrogens is 228 g/mol. The Labute approximate surface area is 97.8 Å². The number of nitriles is 1. The number of ether oxygens (including phenoxy) is 1. The first-order valence-corrected chi connectivity index (χ1v) is 5.11. The van der Waals surface area contributed by atoms with E-state index < -0.39 is 5.41 Å². The van der Waals surface area contributed by atoms with Crippen molar-refractivity contribution in [2.24, 2.45) is 5.41 Å². The van der Waals surface area contributed by atoms with Crippen LogP contribution in [0.3, 0.4) is 0 Å². The molecule has 2 rings (SSSR count). The van der Waals surface area contributed by atoms with Crippen molar-refractivity contribution < 1.29 is 9.53 Å². The van der Waals surface area contributed by atoms with Crippen LogP contribution in [0.1, 0.15) is 0 Å². The number of hydrogen-bond donors (Lipinski definition) is 1. The zero-order valence-corrected chi connectivity index (χ0v) is 9.12. The lowest BCUT2D eigenvalue weighted by Crippen LogP contribution is -2.50. The van der Waals surface area contributed by atoms with Crippen LogP contribution in [0.5, 0.6) is 0 Å². The first kappa shape index (κ1) is 10.9. The molecule has 5 heteroatoms. The average molecular weight is 237 g/mol. The predicted octanol–water partition coefficient (Wildman–Crippen LogP) is 1.82. The molecule has 0 saturated carbocycles. The second kappa shape index (κ2) is 4.12. The first-order valence-electron chi connectivity index (χ1n) is 4.73. The van der Waals surface area contributed by atoms with Crippen molar-refractivity contribution in [2.45, 2.75) is 0 Å². The fraction of sp³-hybridized carbons (Fsp3) is 0.273.